The van der Waals surface area contributed by atoms with Gasteiger partial charge in [0.25, 0.3) is 0 Å². The van der Waals surface area contributed by atoms with E-state index in [1.54, 1.807) is 18.9 Å². The molecule has 2 N–H and O–H groups in total. The van der Waals surface area contributed by atoms with E-state index in [-0.39, 0.29) is 0 Å². The normalized spacial score (nSPS) is 10.4. The lowest BCUT2D eigenvalue weighted by Gasteiger charge is -2.08. The summed E-state index contributed by atoms with van der Waals surface area (Å²) in [5.41, 5.74) is 7.80. The molecule has 0 atom stereocenters. The standard InChI is InChI=1S/C14H16N2OS/c1-10-3-4-11(9-15)14(16-10)18-13-7-5-12(17-2)6-8-13/h3-8H,9,15H2,1-2H3. The first kappa shape index (κ1) is 12.9. The minimum absolute atomic E-state index is 0.506. The monoisotopic (exact) mass is 260 g/mol. The van der Waals surface area contributed by atoms with Crippen LogP contribution in [0.25, 0.3) is 0 Å². The second-order valence-corrected chi connectivity index (χ2v) is 4.96. The molecule has 0 bridgehead atoms. The van der Waals surface area contributed by atoms with Crippen molar-refractivity contribution in [1.29, 1.82) is 0 Å². The first-order chi connectivity index (χ1) is 8.72. The number of nitrogens with zero attached hydrogens (tertiary/aromatic N) is 1. The Bertz CT molecular complexity index is 526. The van der Waals surface area contributed by atoms with Crippen LogP contribution in [-0.4, -0.2) is 12.1 Å². The maximum absolute atomic E-state index is 5.73. The smallest absolute Gasteiger partial charge is 0.118 e. The van der Waals surface area contributed by atoms with E-state index in [4.69, 9.17) is 10.5 Å². The summed E-state index contributed by atoms with van der Waals surface area (Å²) in [6.07, 6.45) is 0. The van der Waals surface area contributed by atoms with Gasteiger partial charge in [-0.1, -0.05) is 17.8 Å². The molecule has 0 radical (unpaired) electrons. The molecule has 0 saturated heterocycles. The molecule has 0 unspecified atom stereocenters. The summed E-state index contributed by atoms with van der Waals surface area (Å²) in [5.74, 6) is 0.857. The van der Waals surface area contributed by atoms with E-state index in [0.29, 0.717) is 6.54 Å². The predicted molar refractivity (Wildman–Crippen MR) is 74.0 cm³/mol. The van der Waals surface area contributed by atoms with Gasteiger partial charge in [-0.2, -0.15) is 0 Å². The highest BCUT2D eigenvalue weighted by atomic mass is 32.2. The van der Waals surface area contributed by atoms with Crippen LogP contribution in [0.5, 0.6) is 5.75 Å². The summed E-state index contributed by atoms with van der Waals surface area (Å²) in [4.78, 5) is 5.66. The van der Waals surface area contributed by atoms with Gasteiger partial charge in [0.2, 0.25) is 0 Å². The molecule has 1 heterocycles. The largest absolute Gasteiger partial charge is 0.497 e. The summed E-state index contributed by atoms with van der Waals surface area (Å²) in [6.45, 7) is 2.49. The lowest BCUT2D eigenvalue weighted by atomic mass is 10.2. The lowest BCUT2D eigenvalue weighted by molar-refractivity contribution is 0.414. The molecule has 3 nitrogen and oxygen atoms in total. The third-order valence-corrected chi connectivity index (χ3v) is 3.63. The van der Waals surface area contributed by atoms with Crippen molar-refractivity contribution in [2.24, 2.45) is 5.73 Å². The lowest BCUT2D eigenvalue weighted by Crippen LogP contribution is -2.00. The fourth-order valence-corrected chi connectivity index (χ4v) is 2.53. The highest BCUT2D eigenvalue weighted by molar-refractivity contribution is 7.99. The zero-order valence-electron chi connectivity index (χ0n) is 10.5. The van der Waals surface area contributed by atoms with Gasteiger partial charge in [-0.3, -0.25) is 0 Å². The van der Waals surface area contributed by atoms with Crippen LogP contribution in [0.4, 0.5) is 0 Å². The molecule has 2 rings (SSSR count). The number of aromatic nitrogens is 1. The van der Waals surface area contributed by atoms with E-state index in [1.807, 2.05) is 43.3 Å². The van der Waals surface area contributed by atoms with Crippen molar-refractivity contribution in [3.63, 3.8) is 0 Å². The molecule has 0 fully saturated rings. The number of rotatable bonds is 4. The number of hydrogen-bond acceptors (Lipinski definition) is 4. The Balaban J connectivity index is 2.24. The molecule has 94 valence electrons. The molecule has 1 aromatic heterocycles. The molecule has 0 spiro atoms. The van der Waals surface area contributed by atoms with Gasteiger partial charge >= 0.3 is 0 Å². The van der Waals surface area contributed by atoms with Crippen molar-refractivity contribution >= 4 is 11.8 Å². The van der Waals surface area contributed by atoms with Crippen molar-refractivity contribution in [2.75, 3.05) is 7.11 Å². The third kappa shape index (κ3) is 3.03. The minimum Gasteiger partial charge on any atom is -0.497 e. The average Bonchev–Trinajstić information content (AvgIpc) is 2.40. The van der Waals surface area contributed by atoms with E-state index < -0.39 is 0 Å². The quantitative estimate of drug-likeness (QED) is 0.918. The van der Waals surface area contributed by atoms with Gasteiger partial charge in [-0.05, 0) is 42.8 Å². The summed E-state index contributed by atoms with van der Waals surface area (Å²) in [6, 6.07) is 12.0. The molecule has 0 amide bonds. The first-order valence-electron chi connectivity index (χ1n) is 5.71. The third-order valence-electron chi connectivity index (χ3n) is 2.57. The van der Waals surface area contributed by atoms with E-state index in [9.17, 15) is 0 Å². The fraction of sp³-hybridized carbons (Fsp3) is 0.214. The van der Waals surface area contributed by atoms with E-state index in [2.05, 4.69) is 4.98 Å². The van der Waals surface area contributed by atoms with Gasteiger partial charge in [-0.25, -0.2) is 4.98 Å². The topological polar surface area (TPSA) is 48.1 Å². The molecule has 0 aliphatic carbocycles. The molecule has 0 aliphatic rings. The summed E-state index contributed by atoms with van der Waals surface area (Å²) < 4.78 is 5.14. The molecule has 2 aromatic rings. The Kier molecular flexibility index (Phi) is 4.23. The van der Waals surface area contributed by atoms with Gasteiger partial charge in [0.05, 0.1) is 7.11 Å². The molecular weight excluding hydrogens is 244 g/mol. The first-order valence-corrected chi connectivity index (χ1v) is 6.53. The fourth-order valence-electron chi connectivity index (χ4n) is 1.56. The van der Waals surface area contributed by atoms with Gasteiger partial charge in [0.15, 0.2) is 0 Å². The van der Waals surface area contributed by atoms with Gasteiger partial charge < -0.3 is 10.5 Å². The average molecular weight is 260 g/mol. The Morgan fingerprint density at radius 2 is 1.89 bits per heavy atom. The number of pyridine rings is 1. The van der Waals surface area contributed by atoms with E-state index in [0.717, 1.165) is 26.9 Å². The Labute approximate surface area is 111 Å². The van der Waals surface area contributed by atoms with Crippen LogP contribution in [0, 0.1) is 6.92 Å². The zero-order chi connectivity index (χ0) is 13.0. The van der Waals surface area contributed by atoms with Crippen LogP contribution in [-0.2, 0) is 6.54 Å². The van der Waals surface area contributed by atoms with Crippen molar-refractivity contribution in [1.82, 2.24) is 4.98 Å². The van der Waals surface area contributed by atoms with Gasteiger partial charge in [-0.15, -0.1) is 0 Å². The number of ether oxygens (including phenoxy) is 1. The maximum atomic E-state index is 5.73. The minimum atomic E-state index is 0.506. The van der Waals surface area contributed by atoms with Crippen molar-refractivity contribution in [3.05, 3.63) is 47.7 Å². The number of nitrogens with two attached hydrogens (primary N) is 1. The van der Waals surface area contributed by atoms with Crippen LogP contribution in [0.1, 0.15) is 11.3 Å². The Hall–Kier alpha value is -1.52. The number of benzene rings is 1. The van der Waals surface area contributed by atoms with Crippen LogP contribution in [0.2, 0.25) is 0 Å². The Morgan fingerprint density at radius 3 is 2.50 bits per heavy atom. The van der Waals surface area contributed by atoms with E-state index >= 15 is 0 Å². The van der Waals surface area contributed by atoms with Crippen LogP contribution < -0.4 is 10.5 Å². The highest BCUT2D eigenvalue weighted by Crippen LogP contribution is 2.30. The summed E-state index contributed by atoms with van der Waals surface area (Å²) >= 11 is 1.63. The molecule has 0 saturated carbocycles. The maximum Gasteiger partial charge on any atom is 0.118 e. The summed E-state index contributed by atoms with van der Waals surface area (Å²) in [5, 5.41) is 0.975. The van der Waals surface area contributed by atoms with Crippen LogP contribution in [0.15, 0.2) is 46.3 Å². The zero-order valence-corrected chi connectivity index (χ0v) is 11.3. The molecule has 1 aromatic carbocycles. The second-order valence-electron chi connectivity index (χ2n) is 3.90. The summed E-state index contributed by atoms with van der Waals surface area (Å²) in [7, 11) is 1.66. The van der Waals surface area contributed by atoms with Crippen LogP contribution in [0.3, 0.4) is 0 Å². The molecular formula is C14H16N2OS. The number of hydrogen-bond donors (Lipinski definition) is 1. The number of aryl methyl sites for hydroxylation is 1. The SMILES string of the molecule is COc1ccc(Sc2nc(C)ccc2CN)cc1. The van der Waals surface area contributed by atoms with Gasteiger partial charge in [0.1, 0.15) is 10.8 Å². The Morgan fingerprint density at radius 1 is 1.17 bits per heavy atom. The van der Waals surface area contributed by atoms with Crippen molar-refractivity contribution in [2.45, 2.75) is 23.4 Å². The second kappa shape index (κ2) is 5.89. The molecule has 18 heavy (non-hydrogen) atoms. The predicted octanol–water partition coefficient (Wildman–Crippen LogP) is 3.01. The van der Waals surface area contributed by atoms with Crippen LogP contribution >= 0.6 is 11.8 Å². The highest BCUT2D eigenvalue weighted by Gasteiger charge is 2.05. The van der Waals surface area contributed by atoms with E-state index in [1.165, 1.54) is 0 Å². The molecule has 4 heteroatoms. The number of methoxy groups -OCH3 is 1. The molecule has 0 aliphatic heterocycles. The van der Waals surface area contributed by atoms with Crippen molar-refractivity contribution in [3.8, 4) is 5.75 Å². The van der Waals surface area contributed by atoms with Crippen molar-refractivity contribution < 1.29 is 4.74 Å². The van der Waals surface area contributed by atoms with Gasteiger partial charge in [0, 0.05) is 17.1 Å².